The second-order valence-corrected chi connectivity index (χ2v) is 4.76. The van der Waals surface area contributed by atoms with Crippen molar-refractivity contribution in [2.75, 3.05) is 0 Å². The molecule has 98 valence electrons. The van der Waals surface area contributed by atoms with Gasteiger partial charge in [-0.3, -0.25) is 4.79 Å². The molecule has 0 unspecified atom stereocenters. The molecule has 18 heavy (non-hydrogen) atoms. The number of fused-ring (bicyclic) bond motifs is 1. The Labute approximate surface area is 122 Å². The molecule has 0 spiro atoms. The first-order valence-electron chi connectivity index (χ1n) is 5.15. The zero-order valence-electron chi connectivity index (χ0n) is 9.41. The van der Waals surface area contributed by atoms with E-state index in [9.17, 15) is 4.79 Å². The molecule has 0 aliphatic heterocycles. The van der Waals surface area contributed by atoms with Gasteiger partial charge in [0.25, 0.3) is 0 Å². The highest BCUT2D eigenvalue weighted by Crippen LogP contribution is 2.39. The minimum absolute atomic E-state index is 0. The monoisotopic (exact) mass is 305 g/mol. The lowest BCUT2D eigenvalue weighted by atomic mass is 10.00. The van der Waals surface area contributed by atoms with Crippen LogP contribution in [0.5, 0.6) is 0 Å². The number of rotatable bonds is 3. The van der Waals surface area contributed by atoms with Gasteiger partial charge in [-0.1, -0.05) is 35.3 Å². The number of carbonyl (C=O) groups is 1. The Kier molecular flexibility index (Phi) is 5.10. The van der Waals surface area contributed by atoms with E-state index in [1.165, 1.54) is 0 Å². The van der Waals surface area contributed by atoms with Crippen LogP contribution in [0.1, 0.15) is 17.5 Å². The molecule has 3 N–H and O–H groups in total. The molecule has 1 aromatic carbocycles. The maximum atomic E-state index is 10.7. The van der Waals surface area contributed by atoms with Gasteiger partial charge in [0.15, 0.2) is 0 Å². The Hall–Kier alpha value is -0.680. The van der Waals surface area contributed by atoms with Gasteiger partial charge in [-0.2, -0.15) is 13.5 Å². The first-order valence-corrected chi connectivity index (χ1v) is 5.91. The molecule has 6 heteroatoms. The normalized spacial score (nSPS) is 14.5. The fourth-order valence-corrected chi connectivity index (χ4v) is 2.42. The topological polar surface area (TPSA) is 63.3 Å². The summed E-state index contributed by atoms with van der Waals surface area (Å²) in [5.41, 5.74) is 8.29. The van der Waals surface area contributed by atoms with E-state index in [4.69, 9.17) is 34.0 Å². The van der Waals surface area contributed by atoms with Crippen molar-refractivity contribution in [2.45, 2.75) is 18.9 Å². The lowest BCUT2D eigenvalue weighted by Gasteiger charge is -2.11. The summed E-state index contributed by atoms with van der Waals surface area (Å²) in [4.78, 5) is 10.7. The number of carboxylic acids is 1. The van der Waals surface area contributed by atoms with Gasteiger partial charge in [-0.05, 0) is 30.0 Å². The van der Waals surface area contributed by atoms with Crippen LogP contribution in [-0.4, -0.2) is 17.1 Å². The lowest BCUT2D eigenvalue weighted by molar-refractivity contribution is -0.138. The Balaban J connectivity index is 0.00000162. The van der Waals surface area contributed by atoms with Crippen LogP contribution in [0.4, 0.5) is 0 Å². The zero-order valence-corrected chi connectivity index (χ0v) is 11.9. The molecule has 1 aromatic rings. The van der Waals surface area contributed by atoms with Crippen LogP contribution < -0.4 is 5.73 Å². The van der Waals surface area contributed by atoms with Crippen molar-refractivity contribution in [2.24, 2.45) is 5.73 Å². The molecular weight excluding hydrogens is 293 g/mol. The molecule has 1 atom stereocenters. The Morgan fingerprint density at radius 3 is 2.72 bits per heavy atom. The van der Waals surface area contributed by atoms with E-state index in [1.807, 2.05) is 12.1 Å². The van der Waals surface area contributed by atoms with E-state index in [0.29, 0.717) is 10.0 Å². The van der Waals surface area contributed by atoms with Crippen LogP contribution in [0, 0.1) is 0 Å². The highest BCUT2D eigenvalue weighted by Gasteiger charge is 2.23. The molecule has 0 fully saturated rings. The molecule has 1 aliphatic rings. The minimum atomic E-state index is -1.02. The number of benzene rings is 1. The number of hydrogen-bond acceptors (Lipinski definition) is 2. The van der Waals surface area contributed by atoms with Gasteiger partial charge in [0.2, 0.25) is 0 Å². The Bertz CT molecular complexity index is 517. The van der Waals surface area contributed by atoms with Gasteiger partial charge in [0.05, 0.1) is 10.0 Å². The maximum Gasteiger partial charge on any atom is 0.320 e. The van der Waals surface area contributed by atoms with Crippen molar-refractivity contribution >= 4 is 48.2 Å². The Morgan fingerprint density at radius 1 is 1.44 bits per heavy atom. The SMILES string of the molecule is N[C@@H](CC1=CCc2ccc(Cl)c(Cl)c21)C(=O)O.S. The second kappa shape index (κ2) is 5.97. The zero-order chi connectivity index (χ0) is 12.6. The fraction of sp³-hybridized carbons (Fsp3) is 0.250. The minimum Gasteiger partial charge on any atom is -0.480 e. The summed E-state index contributed by atoms with van der Waals surface area (Å²) in [5, 5.41) is 9.75. The fourth-order valence-electron chi connectivity index (χ4n) is 1.95. The molecule has 0 aromatic heterocycles. The van der Waals surface area contributed by atoms with Crippen molar-refractivity contribution in [3.05, 3.63) is 39.4 Å². The van der Waals surface area contributed by atoms with Crippen LogP contribution >= 0.6 is 36.7 Å². The standard InChI is InChI=1S/C12H11Cl2NO2.H2S/c13-8-4-3-6-1-2-7(10(6)11(8)14)5-9(15)12(16)17;/h2-4,9H,1,5,15H2,(H,16,17);1H2/t9-;/m0./s1. The van der Waals surface area contributed by atoms with Gasteiger partial charge >= 0.3 is 5.97 Å². The summed E-state index contributed by atoms with van der Waals surface area (Å²) < 4.78 is 0. The molecule has 0 saturated carbocycles. The van der Waals surface area contributed by atoms with E-state index in [0.717, 1.165) is 23.1 Å². The number of allylic oxidation sites excluding steroid dienone is 1. The van der Waals surface area contributed by atoms with Crippen molar-refractivity contribution in [3.8, 4) is 0 Å². The predicted octanol–water partition coefficient (Wildman–Crippen LogP) is 2.85. The maximum absolute atomic E-state index is 10.7. The quantitative estimate of drug-likeness (QED) is 0.902. The van der Waals surface area contributed by atoms with Crippen LogP contribution in [0.25, 0.3) is 5.57 Å². The smallest absolute Gasteiger partial charge is 0.320 e. The second-order valence-electron chi connectivity index (χ2n) is 3.98. The number of nitrogens with two attached hydrogens (primary N) is 1. The van der Waals surface area contributed by atoms with Crippen molar-refractivity contribution in [1.82, 2.24) is 0 Å². The van der Waals surface area contributed by atoms with E-state index in [-0.39, 0.29) is 19.9 Å². The molecule has 0 radical (unpaired) electrons. The third-order valence-corrected chi connectivity index (χ3v) is 3.63. The molecule has 0 bridgehead atoms. The summed E-state index contributed by atoms with van der Waals surface area (Å²) in [6.45, 7) is 0. The van der Waals surface area contributed by atoms with Crippen molar-refractivity contribution < 1.29 is 9.90 Å². The molecule has 3 nitrogen and oxygen atoms in total. The van der Waals surface area contributed by atoms with Gasteiger partial charge in [-0.15, -0.1) is 0 Å². The summed E-state index contributed by atoms with van der Waals surface area (Å²) in [5.74, 6) is -1.02. The Morgan fingerprint density at radius 2 is 2.11 bits per heavy atom. The van der Waals surface area contributed by atoms with Gasteiger partial charge in [0.1, 0.15) is 6.04 Å². The molecule has 0 heterocycles. The molecule has 0 saturated heterocycles. The summed E-state index contributed by atoms with van der Waals surface area (Å²) >= 11 is 12.1. The summed E-state index contributed by atoms with van der Waals surface area (Å²) in [7, 11) is 0. The molecule has 1 aliphatic carbocycles. The van der Waals surface area contributed by atoms with Gasteiger partial charge < -0.3 is 10.8 Å². The van der Waals surface area contributed by atoms with Crippen molar-refractivity contribution in [3.63, 3.8) is 0 Å². The number of aliphatic carboxylic acids is 1. The van der Waals surface area contributed by atoms with Gasteiger partial charge in [0, 0.05) is 5.56 Å². The van der Waals surface area contributed by atoms with Crippen LogP contribution in [-0.2, 0) is 11.2 Å². The largest absolute Gasteiger partial charge is 0.480 e. The number of carboxylic acid groups (broad SMARTS) is 1. The van der Waals surface area contributed by atoms with Gasteiger partial charge in [-0.25, -0.2) is 0 Å². The average Bonchev–Trinajstić information content (AvgIpc) is 2.67. The van der Waals surface area contributed by atoms with E-state index < -0.39 is 12.0 Å². The predicted molar refractivity (Wildman–Crippen MR) is 78.8 cm³/mol. The van der Waals surface area contributed by atoms with Crippen LogP contribution in [0.3, 0.4) is 0 Å². The van der Waals surface area contributed by atoms with E-state index in [1.54, 1.807) is 6.07 Å². The number of halogens is 2. The average molecular weight is 306 g/mol. The summed E-state index contributed by atoms with van der Waals surface area (Å²) in [6, 6.07) is 2.73. The van der Waals surface area contributed by atoms with Crippen LogP contribution in [0.2, 0.25) is 10.0 Å². The number of hydrogen-bond donors (Lipinski definition) is 2. The van der Waals surface area contributed by atoms with Crippen LogP contribution in [0.15, 0.2) is 18.2 Å². The highest BCUT2D eigenvalue weighted by atomic mass is 35.5. The molecule has 2 rings (SSSR count). The van der Waals surface area contributed by atoms with E-state index in [2.05, 4.69) is 0 Å². The highest BCUT2D eigenvalue weighted by molar-refractivity contribution is 7.59. The third-order valence-electron chi connectivity index (χ3n) is 2.83. The first kappa shape index (κ1) is 15.4. The van der Waals surface area contributed by atoms with Crippen molar-refractivity contribution in [1.29, 1.82) is 0 Å². The molecule has 0 amide bonds. The first-order chi connectivity index (χ1) is 8.00. The third kappa shape index (κ3) is 2.83. The van der Waals surface area contributed by atoms with E-state index >= 15 is 0 Å². The molecular formula is C12H13Cl2NO2S. The lowest BCUT2D eigenvalue weighted by Crippen LogP contribution is -2.30. The summed E-state index contributed by atoms with van der Waals surface area (Å²) in [6.07, 6.45) is 2.96.